The van der Waals surface area contributed by atoms with Crippen molar-refractivity contribution in [2.24, 2.45) is 0 Å². The van der Waals surface area contributed by atoms with Gasteiger partial charge in [-0.25, -0.2) is 0 Å². The molecule has 0 bridgehead atoms. The Labute approximate surface area is 86.3 Å². The predicted octanol–water partition coefficient (Wildman–Crippen LogP) is 3.32. The van der Waals surface area contributed by atoms with E-state index in [0.717, 1.165) is 5.66 Å². The molecule has 0 aliphatic rings. The predicted molar refractivity (Wildman–Crippen MR) is 71.4 cm³/mol. The standard InChI is InChI=1S/C11H26BP/c1-4-7-9-11(8-5-2)13(12)10-6-3/h10-11,13H,4-9,12H2,1-3H3. The number of hydrogen-bond acceptors (Lipinski definition) is 0. The highest BCUT2D eigenvalue weighted by Gasteiger charge is 2.07. The molecule has 0 rings (SSSR count). The van der Waals surface area contributed by atoms with Gasteiger partial charge in [-0.2, -0.15) is 7.42 Å². The van der Waals surface area contributed by atoms with Gasteiger partial charge in [0.25, 0.3) is 0 Å². The third-order valence-corrected chi connectivity index (χ3v) is 5.63. The molecule has 0 aliphatic carbocycles. The fraction of sp³-hybridized carbons (Fsp3) is 0.909. The maximum atomic E-state index is 2.58. The Hall–Kier alpha value is 0.365. The number of rotatable bonds is 7. The van der Waals surface area contributed by atoms with E-state index in [1.54, 1.807) is 0 Å². The van der Waals surface area contributed by atoms with Crippen LogP contribution in [0.25, 0.3) is 0 Å². The van der Waals surface area contributed by atoms with Gasteiger partial charge in [0.1, 0.15) is 7.57 Å². The first-order chi connectivity index (χ1) is 6.26. The van der Waals surface area contributed by atoms with Crippen molar-refractivity contribution >= 4 is 20.8 Å². The van der Waals surface area contributed by atoms with Crippen LogP contribution in [0.3, 0.4) is 0 Å². The van der Waals surface area contributed by atoms with Gasteiger partial charge in [0, 0.05) is 0 Å². The maximum absolute atomic E-state index is 2.58. The number of hydrogen-bond donors (Lipinski definition) is 0. The molecule has 2 atom stereocenters. The zero-order valence-corrected chi connectivity index (χ0v) is 10.9. The summed E-state index contributed by atoms with van der Waals surface area (Å²) in [6.07, 6.45) is 8.38. The van der Waals surface area contributed by atoms with Crippen molar-refractivity contribution in [1.29, 1.82) is 0 Å². The van der Waals surface area contributed by atoms with E-state index in [-0.39, 0.29) is 7.42 Å². The molecule has 0 aliphatic heterocycles. The van der Waals surface area contributed by atoms with Crippen molar-refractivity contribution in [3.05, 3.63) is 0 Å². The second kappa shape index (κ2) is 8.94. The minimum absolute atomic E-state index is 0.139. The fourth-order valence-electron chi connectivity index (χ4n) is 1.89. The smallest absolute Gasteiger partial charge is 0.131 e. The van der Waals surface area contributed by atoms with Gasteiger partial charge in [0.2, 0.25) is 0 Å². The van der Waals surface area contributed by atoms with Crippen LogP contribution in [0.5, 0.6) is 0 Å². The van der Waals surface area contributed by atoms with Crippen LogP contribution in [0, 0.1) is 0 Å². The number of unbranched alkanes of at least 4 members (excludes halogenated alkanes) is 1. The minimum atomic E-state index is -0.139. The van der Waals surface area contributed by atoms with Crippen molar-refractivity contribution in [2.75, 3.05) is 0 Å². The maximum Gasteiger partial charge on any atom is 0.131 e. The van der Waals surface area contributed by atoms with Crippen LogP contribution in [-0.2, 0) is 0 Å². The third kappa shape index (κ3) is 6.44. The molecule has 0 saturated heterocycles. The Kier molecular flexibility index (Phi) is 9.19. The van der Waals surface area contributed by atoms with Gasteiger partial charge in [0.15, 0.2) is 0 Å². The van der Waals surface area contributed by atoms with Gasteiger partial charge in [-0.15, -0.1) is 0 Å². The molecular formula is C11H26BP. The van der Waals surface area contributed by atoms with Crippen molar-refractivity contribution in [2.45, 2.75) is 65.0 Å². The second-order valence-corrected chi connectivity index (χ2v) is 6.70. The van der Waals surface area contributed by atoms with Crippen LogP contribution < -0.4 is 0 Å². The van der Waals surface area contributed by atoms with E-state index in [0.29, 0.717) is 0 Å². The van der Waals surface area contributed by atoms with E-state index >= 15 is 0 Å². The average molecular weight is 200 g/mol. The quantitative estimate of drug-likeness (QED) is 0.436. The van der Waals surface area contributed by atoms with Gasteiger partial charge in [-0.3, -0.25) is 0 Å². The molecule has 13 heavy (non-hydrogen) atoms. The van der Waals surface area contributed by atoms with E-state index in [9.17, 15) is 0 Å². The van der Waals surface area contributed by atoms with Gasteiger partial charge in [0.05, 0.1) is 0 Å². The molecule has 78 valence electrons. The zero-order chi connectivity index (χ0) is 10.1. The summed E-state index contributed by atoms with van der Waals surface area (Å²) in [5.41, 5.74) is 1.05. The molecule has 0 aromatic heterocycles. The molecule has 0 heterocycles. The Morgan fingerprint density at radius 1 is 1.15 bits per heavy atom. The second-order valence-electron chi connectivity index (χ2n) is 3.98. The summed E-state index contributed by atoms with van der Waals surface area (Å²) < 4.78 is 0. The first-order valence-electron chi connectivity index (χ1n) is 5.92. The summed E-state index contributed by atoms with van der Waals surface area (Å²) in [5.74, 6) is 2.58. The summed E-state index contributed by atoms with van der Waals surface area (Å²) in [4.78, 5) is 0. The Morgan fingerprint density at radius 2 is 1.85 bits per heavy atom. The lowest BCUT2D eigenvalue weighted by atomic mass is 10.1. The largest absolute Gasteiger partial charge is 0.153 e. The van der Waals surface area contributed by atoms with Crippen molar-refractivity contribution < 1.29 is 0 Å². The van der Waals surface area contributed by atoms with Gasteiger partial charge in [-0.05, 0) is 24.9 Å². The van der Waals surface area contributed by atoms with Crippen LogP contribution in [0.4, 0.5) is 0 Å². The Morgan fingerprint density at radius 3 is 2.31 bits per heavy atom. The first-order valence-corrected chi connectivity index (χ1v) is 8.08. The summed E-state index contributed by atoms with van der Waals surface area (Å²) in [6.45, 7) is 6.89. The molecule has 0 spiro atoms. The Bertz CT molecular complexity index is 143. The first kappa shape index (κ1) is 13.4. The highest BCUT2D eigenvalue weighted by atomic mass is 31.1. The van der Waals surface area contributed by atoms with Crippen molar-refractivity contribution in [3.63, 3.8) is 0 Å². The molecule has 0 aromatic carbocycles. The van der Waals surface area contributed by atoms with Gasteiger partial charge < -0.3 is 0 Å². The zero-order valence-electron chi connectivity index (χ0n) is 9.90. The van der Waals surface area contributed by atoms with Crippen LogP contribution in [-0.4, -0.2) is 19.0 Å². The highest BCUT2D eigenvalue weighted by Crippen LogP contribution is 2.31. The Balaban J connectivity index is 3.98. The molecule has 0 nitrogen and oxygen atoms in total. The molecule has 0 fully saturated rings. The van der Waals surface area contributed by atoms with Crippen molar-refractivity contribution in [1.82, 2.24) is 0 Å². The van der Waals surface area contributed by atoms with E-state index in [1.807, 2.05) is 0 Å². The molecule has 2 heteroatoms. The summed E-state index contributed by atoms with van der Waals surface area (Å²) in [5, 5.41) is 0. The van der Waals surface area contributed by atoms with Gasteiger partial charge >= 0.3 is 0 Å². The van der Waals surface area contributed by atoms with E-state index in [4.69, 9.17) is 0 Å². The van der Waals surface area contributed by atoms with E-state index in [1.165, 1.54) is 38.5 Å². The molecule has 0 aromatic rings. The molecule has 0 saturated carbocycles. The SMILES string of the molecule is B/[PH](=C/CC)C(CCC)CCCC. The topological polar surface area (TPSA) is 0 Å². The van der Waals surface area contributed by atoms with Crippen LogP contribution in [0.1, 0.15) is 59.3 Å². The molecule has 0 N–H and O–H groups in total. The fourth-order valence-corrected chi connectivity index (χ4v) is 4.27. The third-order valence-electron chi connectivity index (χ3n) is 2.71. The normalized spacial score (nSPS) is 15.9. The summed E-state index contributed by atoms with van der Waals surface area (Å²) in [6, 6.07) is 0. The van der Waals surface area contributed by atoms with Crippen LogP contribution in [0.2, 0.25) is 0 Å². The molecular weight excluding hydrogens is 174 g/mol. The molecule has 0 amide bonds. The lowest BCUT2D eigenvalue weighted by Gasteiger charge is -2.17. The van der Waals surface area contributed by atoms with E-state index in [2.05, 4.69) is 34.1 Å². The lowest BCUT2D eigenvalue weighted by molar-refractivity contribution is 0.637. The summed E-state index contributed by atoms with van der Waals surface area (Å²) >= 11 is 0. The molecule has 2 unspecified atom stereocenters. The van der Waals surface area contributed by atoms with Crippen molar-refractivity contribution in [3.8, 4) is 0 Å². The van der Waals surface area contributed by atoms with Crippen LogP contribution >= 0.6 is 7.42 Å². The molecule has 0 radical (unpaired) electrons. The summed E-state index contributed by atoms with van der Waals surface area (Å²) in [7, 11) is 2.35. The van der Waals surface area contributed by atoms with Crippen LogP contribution in [0.15, 0.2) is 0 Å². The van der Waals surface area contributed by atoms with Gasteiger partial charge in [-0.1, -0.05) is 45.8 Å². The van der Waals surface area contributed by atoms with E-state index < -0.39 is 0 Å². The monoisotopic (exact) mass is 200 g/mol. The average Bonchev–Trinajstić information content (AvgIpc) is 2.12. The minimum Gasteiger partial charge on any atom is -0.153 e. The highest BCUT2D eigenvalue weighted by molar-refractivity contribution is 7.81. The lowest BCUT2D eigenvalue weighted by Crippen LogP contribution is -2.03.